The summed E-state index contributed by atoms with van der Waals surface area (Å²) in [5.41, 5.74) is 0. The highest BCUT2D eigenvalue weighted by atomic mass is 16.2. The smallest absolute Gasteiger partial charge is 0.275 e. The van der Waals surface area contributed by atoms with Crippen LogP contribution in [0.2, 0.25) is 0 Å². The second-order valence-corrected chi connectivity index (χ2v) is 5.37. The van der Waals surface area contributed by atoms with Crippen molar-refractivity contribution in [3.05, 3.63) is 0 Å². The van der Waals surface area contributed by atoms with E-state index in [0.717, 1.165) is 25.8 Å². The predicted octanol–water partition coefficient (Wildman–Crippen LogP) is 0.459. The summed E-state index contributed by atoms with van der Waals surface area (Å²) in [6, 6.07) is -0.806. The van der Waals surface area contributed by atoms with Crippen LogP contribution in [-0.4, -0.2) is 71.3 Å². The maximum Gasteiger partial charge on any atom is 0.389 e. The third-order valence-corrected chi connectivity index (χ3v) is 3.93. The third kappa shape index (κ3) is 2.64. The second kappa shape index (κ2) is 6.24. The first-order valence-electron chi connectivity index (χ1n) is 7.54. The molecule has 2 aliphatic heterocycles. The zero-order valence-corrected chi connectivity index (χ0v) is 13.2. The number of hydrogen-bond acceptors (Lipinski definition) is 4. The number of carbonyl (C=O) groups excluding carboxylic acids is 2. The molecule has 3 amide bonds. The number of amides is 3. The first-order valence-corrected chi connectivity index (χ1v) is 7.54. The zero-order chi connectivity index (χ0) is 15.6. The summed E-state index contributed by atoms with van der Waals surface area (Å²) in [4.78, 5) is 31.7. The molecule has 1 fully saturated rings. The molecule has 7 nitrogen and oxygen atoms in total. The van der Waals surface area contributed by atoms with E-state index in [4.69, 9.17) is 0 Å². The van der Waals surface area contributed by atoms with Crippen LogP contribution in [0.15, 0.2) is 4.99 Å². The summed E-state index contributed by atoms with van der Waals surface area (Å²) < 4.78 is 1.81. The molecule has 1 saturated heterocycles. The number of nitrogens with zero attached hydrogens (tertiary/aromatic N) is 4. The van der Waals surface area contributed by atoms with Crippen molar-refractivity contribution < 1.29 is 14.2 Å². The minimum absolute atomic E-state index is 0.202. The van der Waals surface area contributed by atoms with Gasteiger partial charge in [-0.05, 0) is 13.3 Å². The summed E-state index contributed by atoms with van der Waals surface area (Å²) in [7, 11) is 3.50. The van der Waals surface area contributed by atoms with E-state index in [1.807, 2.05) is 11.6 Å². The van der Waals surface area contributed by atoms with Crippen LogP contribution in [-0.2, 0) is 4.79 Å². The predicted molar refractivity (Wildman–Crippen MR) is 80.5 cm³/mol. The van der Waals surface area contributed by atoms with Gasteiger partial charge in [0.2, 0.25) is 11.9 Å². The molecule has 2 rings (SSSR count). The number of guanidine groups is 1. The fourth-order valence-electron chi connectivity index (χ4n) is 2.63. The van der Waals surface area contributed by atoms with Gasteiger partial charge in [-0.15, -0.1) is 0 Å². The topological polar surface area (TPSA) is 68.0 Å². The number of fused-ring (bicyclic) bond motifs is 1. The minimum atomic E-state index is -0.499. The molecule has 1 N–H and O–H groups in total. The van der Waals surface area contributed by atoms with E-state index in [0.29, 0.717) is 18.3 Å². The van der Waals surface area contributed by atoms with E-state index in [1.165, 1.54) is 9.80 Å². The Bertz CT molecular complexity index is 511. The zero-order valence-electron chi connectivity index (χ0n) is 13.2. The molecular weight excluding hydrogens is 270 g/mol. The van der Waals surface area contributed by atoms with Crippen molar-refractivity contribution in [3.8, 4) is 0 Å². The molecule has 116 valence electrons. The van der Waals surface area contributed by atoms with Crippen LogP contribution in [0.4, 0.5) is 4.79 Å². The van der Waals surface area contributed by atoms with Crippen LogP contribution in [0.1, 0.15) is 33.1 Å². The Balaban J connectivity index is 2.18. The van der Waals surface area contributed by atoms with E-state index in [9.17, 15) is 9.59 Å². The molecule has 0 bridgehead atoms. The normalized spacial score (nSPS) is 21.9. The van der Waals surface area contributed by atoms with Gasteiger partial charge in [0.15, 0.2) is 0 Å². The van der Waals surface area contributed by atoms with Crippen molar-refractivity contribution in [2.45, 2.75) is 39.2 Å². The standard InChI is InChI=1S/C14H23N5O2/c1-5-7-8-9-15-13-16-11-10(17(13)3)12(20)19(6-2)14(21)18(11)4/h10H,5-9H2,1-4H3/p+1. The first kappa shape index (κ1) is 15.5. The molecule has 21 heavy (non-hydrogen) atoms. The van der Waals surface area contributed by atoms with Crippen LogP contribution in [0, 0.1) is 0 Å². The molecule has 2 aliphatic rings. The van der Waals surface area contributed by atoms with Crippen molar-refractivity contribution in [2.75, 3.05) is 27.2 Å². The molecule has 0 radical (unpaired) electrons. The van der Waals surface area contributed by atoms with Crippen LogP contribution in [0.25, 0.3) is 0 Å². The SMILES string of the molecule is CCCCCNC1=[N+](C)C2C(=O)N(CC)C(=O)N(C)C2=N1. The highest BCUT2D eigenvalue weighted by Crippen LogP contribution is 2.18. The van der Waals surface area contributed by atoms with Crippen LogP contribution in [0.5, 0.6) is 0 Å². The van der Waals surface area contributed by atoms with Crippen LogP contribution >= 0.6 is 0 Å². The van der Waals surface area contributed by atoms with Crippen molar-refractivity contribution >= 4 is 23.7 Å². The molecule has 2 heterocycles. The molecule has 0 saturated carbocycles. The number of unbranched alkanes of at least 4 members (excludes halogenated alkanes) is 2. The number of hydrogen-bond donors (Lipinski definition) is 1. The highest BCUT2D eigenvalue weighted by molar-refractivity contribution is 6.22. The van der Waals surface area contributed by atoms with Gasteiger partial charge in [0.25, 0.3) is 5.91 Å². The lowest BCUT2D eigenvalue weighted by molar-refractivity contribution is -0.507. The van der Waals surface area contributed by atoms with Gasteiger partial charge in [-0.3, -0.25) is 19.9 Å². The summed E-state index contributed by atoms with van der Waals surface area (Å²) >= 11 is 0. The minimum Gasteiger partial charge on any atom is -0.275 e. The third-order valence-electron chi connectivity index (χ3n) is 3.93. The number of carbonyl (C=O) groups is 2. The van der Waals surface area contributed by atoms with Gasteiger partial charge in [-0.2, -0.15) is 0 Å². The molecule has 1 unspecified atom stereocenters. The van der Waals surface area contributed by atoms with E-state index in [2.05, 4.69) is 17.2 Å². The van der Waals surface area contributed by atoms with Crippen molar-refractivity contribution in [2.24, 2.45) is 4.99 Å². The van der Waals surface area contributed by atoms with E-state index < -0.39 is 6.04 Å². The number of urea groups is 1. The van der Waals surface area contributed by atoms with Gasteiger partial charge < -0.3 is 0 Å². The second-order valence-electron chi connectivity index (χ2n) is 5.37. The Morgan fingerprint density at radius 2 is 2.00 bits per heavy atom. The number of imide groups is 1. The Labute approximate surface area is 125 Å². The Morgan fingerprint density at radius 1 is 1.29 bits per heavy atom. The summed E-state index contributed by atoms with van der Waals surface area (Å²) in [5.74, 6) is 0.972. The van der Waals surface area contributed by atoms with Crippen molar-refractivity contribution in [1.29, 1.82) is 0 Å². The fourth-order valence-corrected chi connectivity index (χ4v) is 2.63. The highest BCUT2D eigenvalue weighted by Gasteiger charge is 2.50. The fraction of sp³-hybridized carbons (Fsp3) is 0.714. The number of nitrogens with one attached hydrogen (secondary N) is 1. The lowest BCUT2D eigenvalue weighted by atomic mass is 10.1. The van der Waals surface area contributed by atoms with E-state index in [1.54, 1.807) is 14.0 Å². The quantitative estimate of drug-likeness (QED) is 0.591. The maximum atomic E-state index is 12.4. The summed E-state index contributed by atoms with van der Waals surface area (Å²) in [6.45, 7) is 5.15. The molecule has 7 heteroatoms. The number of aliphatic imine (C=N–C) groups is 1. The van der Waals surface area contributed by atoms with Gasteiger partial charge in [0.05, 0.1) is 13.6 Å². The van der Waals surface area contributed by atoms with Gasteiger partial charge >= 0.3 is 12.0 Å². The average molecular weight is 294 g/mol. The van der Waals surface area contributed by atoms with Crippen molar-refractivity contribution in [3.63, 3.8) is 0 Å². The Kier molecular flexibility index (Phi) is 4.59. The number of amidine groups is 1. The van der Waals surface area contributed by atoms with E-state index in [-0.39, 0.29) is 11.9 Å². The monoisotopic (exact) mass is 294 g/mol. The van der Waals surface area contributed by atoms with Gasteiger partial charge in [-0.25, -0.2) is 9.37 Å². The van der Waals surface area contributed by atoms with E-state index >= 15 is 0 Å². The molecule has 0 aliphatic carbocycles. The molecular formula is C14H24N5O2+. The lowest BCUT2D eigenvalue weighted by Crippen LogP contribution is -2.62. The molecule has 0 aromatic carbocycles. The molecule has 0 aromatic heterocycles. The van der Waals surface area contributed by atoms with Gasteiger partial charge in [-0.1, -0.05) is 24.8 Å². The molecule has 1 atom stereocenters. The largest absolute Gasteiger partial charge is 0.389 e. The average Bonchev–Trinajstić information content (AvgIpc) is 2.79. The first-order chi connectivity index (χ1) is 10.0. The molecule has 0 spiro atoms. The Hall–Kier alpha value is -1.92. The Morgan fingerprint density at radius 3 is 2.62 bits per heavy atom. The van der Waals surface area contributed by atoms with Gasteiger partial charge in [0, 0.05) is 13.6 Å². The number of rotatable bonds is 5. The van der Waals surface area contributed by atoms with Gasteiger partial charge in [0.1, 0.15) is 0 Å². The van der Waals surface area contributed by atoms with Crippen LogP contribution < -0.4 is 5.32 Å². The van der Waals surface area contributed by atoms with Crippen molar-refractivity contribution in [1.82, 2.24) is 15.1 Å². The summed E-state index contributed by atoms with van der Waals surface area (Å²) in [6.07, 6.45) is 3.38. The maximum absolute atomic E-state index is 12.4. The number of likely N-dealkylation sites (N-methyl/N-ethyl adjacent to an activating group) is 3. The lowest BCUT2D eigenvalue weighted by Gasteiger charge is -2.32. The van der Waals surface area contributed by atoms with Crippen LogP contribution in [0.3, 0.4) is 0 Å². The molecule has 0 aromatic rings. The summed E-state index contributed by atoms with van der Waals surface area (Å²) in [5, 5.41) is 3.26.